The van der Waals surface area contributed by atoms with Gasteiger partial charge in [-0.15, -0.1) is 0 Å². The maximum atomic E-state index is 14.4. The van der Waals surface area contributed by atoms with Crippen LogP contribution in [-0.2, 0) is 18.5 Å². The van der Waals surface area contributed by atoms with E-state index in [1.807, 2.05) is 66.3 Å². The highest BCUT2D eigenvalue weighted by Crippen LogP contribution is 2.47. The van der Waals surface area contributed by atoms with E-state index in [1.54, 1.807) is 99.6 Å². The summed E-state index contributed by atoms with van der Waals surface area (Å²) in [5.41, 5.74) is 10.7. The van der Waals surface area contributed by atoms with Crippen molar-refractivity contribution in [3.63, 3.8) is 0 Å². The van der Waals surface area contributed by atoms with Gasteiger partial charge in [-0.2, -0.15) is 44.8 Å². The zero-order chi connectivity index (χ0) is 59.5. The number of nitrogens with zero attached hydrogens (tertiary/aromatic N) is 4. The maximum Gasteiger partial charge on any atom is 0.416 e. The minimum absolute atomic E-state index is 0.214. The van der Waals surface area contributed by atoms with Gasteiger partial charge in [-0.05, 0) is 229 Å². The lowest BCUT2D eigenvalue weighted by Gasteiger charge is -2.20. The van der Waals surface area contributed by atoms with E-state index in [-0.39, 0.29) is 16.8 Å². The topological polar surface area (TPSA) is 38.0 Å². The molecular formula is C71H47F9N4. The SMILES string of the molecule is [C-]#[N+]c1cc(-n2c3ccc(-c4cc(C)cc(C)c4)cc3c3cc(-c4cc(C)cc(C(F)(F)F)c4)ccc32)c(-n2c3ccc(-c4cc(C)cc(C(F)(F)F)c4)cc3c3cc(-c4cc(C)cc(C(F)(F)F)c4)ccc32)cc1-c1cc(C)cc(C#N)c1. The van der Waals surface area contributed by atoms with E-state index in [1.165, 1.54) is 0 Å². The fraction of sp³-hybridized carbons (Fsp3) is 0.127. The summed E-state index contributed by atoms with van der Waals surface area (Å²) in [6.07, 6.45) is -13.9. The lowest BCUT2D eigenvalue weighted by atomic mass is 9.96. The van der Waals surface area contributed by atoms with Gasteiger partial charge in [-0.1, -0.05) is 77.9 Å². The van der Waals surface area contributed by atoms with Crippen molar-refractivity contribution in [2.24, 2.45) is 0 Å². The standard InChI is InChI=1S/C71H47F9N4/c1-38-16-39(2)19-49(18-38)45-8-12-65-58(31-45)61-34-48(52-22-43(6)26-56(30-52)71(78,79)80)11-15-66(61)84(65)68-36-62(82-7)57(53-23-40(3)17-44(27-53)37-81)35-67(68)83-63-13-9-46(50-20-41(4)24-54(28-50)69(72,73)74)32-59(63)60-33-47(10-14-64(60)83)51-21-42(5)25-55(29-51)70(75,76)77/h8-36H,1-6H3. The third-order valence-electron chi connectivity index (χ3n) is 15.5. The fourth-order valence-corrected chi connectivity index (χ4v) is 12.0. The lowest BCUT2D eigenvalue weighted by molar-refractivity contribution is -0.138. The van der Waals surface area contributed by atoms with Gasteiger partial charge in [-0.25, -0.2) is 4.85 Å². The molecule has 0 atom stereocenters. The molecule has 4 nitrogen and oxygen atoms in total. The number of alkyl halides is 9. The Hall–Kier alpha value is -9.85. The van der Waals surface area contributed by atoms with Gasteiger partial charge in [0.15, 0.2) is 5.69 Å². The normalized spacial score (nSPS) is 12.2. The first-order chi connectivity index (χ1) is 39.8. The molecule has 0 amide bonds. The molecule has 2 aromatic heterocycles. The molecule has 0 unspecified atom stereocenters. The van der Waals surface area contributed by atoms with Crippen LogP contribution < -0.4 is 0 Å². The zero-order valence-electron chi connectivity index (χ0n) is 45.9. The first-order valence-corrected chi connectivity index (χ1v) is 26.7. The summed E-state index contributed by atoms with van der Waals surface area (Å²) in [5.74, 6) is 0. The van der Waals surface area contributed by atoms with Crippen molar-refractivity contribution in [3.8, 4) is 73.1 Å². The van der Waals surface area contributed by atoms with Gasteiger partial charge in [0.05, 0.1) is 68.3 Å². The predicted octanol–water partition coefficient (Wildman–Crippen LogP) is 21.5. The van der Waals surface area contributed by atoms with E-state index in [0.717, 1.165) is 69.6 Å². The molecule has 0 fully saturated rings. The van der Waals surface area contributed by atoms with Crippen molar-refractivity contribution >= 4 is 49.3 Å². The molecule has 10 aromatic carbocycles. The molecule has 0 aliphatic heterocycles. The van der Waals surface area contributed by atoms with Crippen LogP contribution in [0.15, 0.2) is 176 Å². The summed E-state index contributed by atoms with van der Waals surface area (Å²) < 4.78 is 134. The highest BCUT2D eigenvalue weighted by molar-refractivity contribution is 6.14. The molecule has 414 valence electrons. The van der Waals surface area contributed by atoms with Crippen molar-refractivity contribution in [2.75, 3.05) is 0 Å². The zero-order valence-corrected chi connectivity index (χ0v) is 45.9. The van der Waals surface area contributed by atoms with Gasteiger partial charge in [0.1, 0.15) is 0 Å². The van der Waals surface area contributed by atoms with Crippen LogP contribution in [0, 0.1) is 59.4 Å². The minimum atomic E-state index is -4.65. The fourth-order valence-electron chi connectivity index (χ4n) is 12.0. The number of aromatic nitrogens is 2. The Morgan fingerprint density at radius 2 is 0.655 bits per heavy atom. The summed E-state index contributed by atoms with van der Waals surface area (Å²) in [6.45, 7) is 19.4. The molecule has 0 aliphatic carbocycles. The van der Waals surface area contributed by atoms with Crippen molar-refractivity contribution in [2.45, 2.75) is 60.1 Å². The highest BCUT2D eigenvalue weighted by Gasteiger charge is 2.34. The smallest absolute Gasteiger partial charge is 0.308 e. The van der Waals surface area contributed by atoms with Gasteiger partial charge in [0.2, 0.25) is 0 Å². The molecule has 0 saturated carbocycles. The Morgan fingerprint density at radius 3 is 0.988 bits per heavy atom. The van der Waals surface area contributed by atoms with E-state index in [2.05, 4.69) is 35.2 Å². The van der Waals surface area contributed by atoms with Gasteiger partial charge >= 0.3 is 18.5 Å². The van der Waals surface area contributed by atoms with E-state index in [4.69, 9.17) is 6.57 Å². The molecule has 0 N–H and O–H groups in total. The molecule has 12 aromatic rings. The Balaban J connectivity index is 1.21. The molecule has 0 spiro atoms. The van der Waals surface area contributed by atoms with E-state index >= 15 is 0 Å². The number of rotatable bonds is 7. The van der Waals surface area contributed by atoms with Crippen LogP contribution in [0.3, 0.4) is 0 Å². The van der Waals surface area contributed by atoms with Gasteiger partial charge in [-0.3, -0.25) is 0 Å². The van der Waals surface area contributed by atoms with Crippen LogP contribution in [0.2, 0.25) is 0 Å². The van der Waals surface area contributed by atoms with Crippen molar-refractivity contribution < 1.29 is 39.5 Å². The first kappa shape index (κ1) is 54.7. The van der Waals surface area contributed by atoms with Crippen molar-refractivity contribution in [1.29, 1.82) is 5.26 Å². The molecule has 0 saturated heterocycles. The molecule has 12 rings (SSSR count). The summed E-state index contributed by atoms with van der Waals surface area (Å²) in [7, 11) is 0. The Labute approximate surface area is 477 Å². The number of halogens is 9. The van der Waals surface area contributed by atoms with Crippen LogP contribution in [0.1, 0.15) is 55.6 Å². The second-order valence-corrected chi connectivity index (χ2v) is 21.9. The highest BCUT2D eigenvalue weighted by atomic mass is 19.4. The number of benzene rings is 10. The predicted molar refractivity (Wildman–Crippen MR) is 317 cm³/mol. The Morgan fingerprint density at radius 1 is 0.345 bits per heavy atom. The quantitative estimate of drug-likeness (QED) is 0.116. The number of hydrogen-bond donors (Lipinski definition) is 0. The second kappa shape index (κ2) is 20.0. The number of fused-ring (bicyclic) bond motifs is 6. The van der Waals surface area contributed by atoms with Gasteiger partial charge in [0, 0.05) is 21.5 Å². The van der Waals surface area contributed by atoms with Crippen LogP contribution in [0.25, 0.3) is 115 Å². The third-order valence-corrected chi connectivity index (χ3v) is 15.5. The number of nitriles is 1. The van der Waals surface area contributed by atoms with E-state index < -0.39 is 35.2 Å². The summed E-state index contributed by atoms with van der Waals surface area (Å²) >= 11 is 0. The molecule has 0 radical (unpaired) electrons. The summed E-state index contributed by atoms with van der Waals surface area (Å²) in [6, 6.07) is 51.1. The van der Waals surface area contributed by atoms with Crippen LogP contribution in [-0.4, -0.2) is 9.13 Å². The van der Waals surface area contributed by atoms with Crippen LogP contribution in [0.5, 0.6) is 0 Å². The van der Waals surface area contributed by atoms with E-state index in [9.17, 15) is 44.8 Å². The minimum Gasteiger partial charge on any atom is -0.308 e. The largest absolute Gasteiger partial charge is 0.416 e. The average molecular weight is 1130 g/mol. The molecule has 0 aliphatic rings. The number of hydrogen-bond acceptors (Lipinski definition) is 1. The van der Waals surface area contributed by atoms with Crippen molar-refractivity contribution in [3.05, 3.63) is 243 Å². The van der Waals surface area contributed by atoms with Crippen LogP contribution >= 0.6 is 0 Å². The first-order valence-electron chi connectivity index (χ1n) is 26.7. The number of aryl methyl sites for hydroxylation is 6. The summed E-state index contributed by atoms with van der Waals surface area (Å²) in [4.78, 5) is 4.12. The molecule has 84 heavy (non-hydrogen) atoms. The average Bonchev–Trinajstić information content (AvgIpc) is 2.38. The molecule has 0 bridgehead atoms. The lowest BCUT2D eigenvalue weighted by Crippen LogP contribution is -2.05. The Bertz CT molecular complexity index is 4700. The maximum absolute atomic E-state index is 14.4. The van der Waals surface area contributed by atoms with Gasteiger partial charge < -0.3 is 9.13 Å². The summed E-state index contributed by atoms with van der Waals surface area (Å²) in [5, 5.41) is 12.7. The molecular weight excluding hydrogens is 1080 g/mol. The van der Waals surface area contributed by atoms with Gasteiger partial charge in [0.25, 0.3) is 0 Å². The Kier molecular flexibility index (Phi) is 13.0. The molecule has 2 heterocycles. The second-order valence-electron chi connectivity index (χ2n) is 21.9. The van der Waals surface area contributed by atoms with Crippen molar-refractivity contribution in [1.82, 2.24) is 9.13 Å². The van der Waals surface area contributed by atoms with Crippen LogP contribution in [0.4, 0.5) is 45.2 Å². The monoisotopic (exact) mass is 1130 g/mol. The third kappa shape index (κ3) is 9.89. The van der Waals surface area contributed by atoms with E-state index in [0.29, 0.717) is 105 Å². The molecule has 13 heteroatoms.